The van der Waals surface area contributed by atoms with Crippen molar-refractivity contribution in [3.8, 4) is 5.75 Å². The number of carbonyl (C=O) groups is 1. The molecule has 0 aliphatic rings. The van der Waals surface area contributed by atoms with Crippen LogP contribution in [0.15, 0.2) is 54.6 Å². The Morgan fingerprint density at radius 1 is 1.09 bits per heavy atom. The molecule has 0 fully saturated rings. The standard InChI is InChI=1S/C19H23NO2/c1-3-18(16-10-12-17(22-2)13-11-16)20-19(21)14-9-15-7-5-4-6-8-15/h4-8,10-13,18H,3,9,14H2,1-2H3,(H,20,21)/t18-/m0/s1. The Morgan fingerprint density at radius 2 is 1.77 bits per heavy atom. The van der Waals surface area contributed by atoms with Gasteiger partial charge in [-0.2, -0.15) is 0 Å². The van der Waals surface area contributed by atoms with Crippen molar-refractivity contribution < 1.29 is 9.53 Å². The fourth-order valence-corrected chi connectivity index (χ4v) is 2.43. The topological polar surface area (TPSA) is 38.3 Å². The lowest BCUT2D eigenvalue weighted by Gasteiger charge is -2.18. The van der Waals surface area contributed by atoms with Gasteiger partial charge in [-0.05, 0) is 36.1 Å². The first-order chi connectivity index (χ1) is 10.7. The monoisotopic (exact) mass is 297 g/mol. The molecule has 3 heteroatoms. The van der Waals surface area contributed by atoms with Crippen LogP contribution in [-0.4, -0.2) is 13.0 Å². The number of nitrogens with one attached hydrogen (secondary N) is 1. The quantitative estimate of drug-likeness (QED) is 0.842. The van der Waals surface area contributed by atoms with Gasteiger partial charge in [0.05, 0.1) is 13.2 Å². The maximum absolute atomic E-state index is 12.1. The molecule has 0 bridgehead atoms. The fourth-order valence-electron chi connectivity index (χ4n) is 2.43. The number of carbonyl (C=O) groups excluding carboxylic acids is 1. The van der Waals surface area contributed by atoms with Gasteiger partial charge < -0.3 is 10.1 Å². The maximum Gasteiger partial charge on any atom is 0.220 e. The first-order valence-corrected chi connectivity index (χ1v) is 7.70. The zero-order valence-corrected chi connectivity index (χ0v) is 13.2. The molecule has 2 aromatic carbocycles. The average Bonchev–Trinajstić information content (AvgIpc) is 2.59. The molecule has 1 atom stereocenters. The second-order valence-electron chi connectivity index (χ2n) is 5.29. The van der Waals surface area contributed by atoms with Gasteiger partial charge in [0, 0.05) is 6.42 Å². The Bertz CT molecular complexity index is 578. The molecule has 3 nitrogen and oxygen atoms in total. The number of methoxy groups -OCH3 is 1. The molecule has 0 aliphatic carbocycles. The van der Waals surface area contributed by atoms with Gasteiger partial charge in [-0.15, -0.1) is 0 Å². The van der Waals surface area contributed by atoms with E-state index in [2.05, 4.69) is 12.2 Å². The van der Waals surface area contributed by atoms with Gasteiger partial charge in [0.25, 0.3) is 0 Å². The molecule has 1 N–H and O–H groups in total. The smallest absolute Gasteiger partial charge is 0.220 e. The Morgan fingerprint density at radius 3 is 2.36 bits per heavy atom. The third-order valence-corrected chi connectivity index (χ3v) is 3.75. The summed E-state index contributed by atoms with van der Waals surface area (Å²) in [6.45, 7) is 2.08. The third kappa shape index (κ3) is 4.62. The van der Waals surface area contributed by atoms with Crippen LogP contribution in [0.3, 0.4) is 0 Å². The molecule has 0 saturated heterocycles. The van der Waals surface area contributed by atoms with Gasteiger partial charge in [-0.25, -0.2) is 0 Å². The molecule has 0 saturated carbocycles. The summed E-state index contributed by atoms with van der Waals surface area (Å²) in [7, 11) is 1.65. The molecule has 22 heavy (non-hydrogen) atoms. The molecule has 0 spiro atoms. The van der Waals surface area contributed by atoms with Crippen molar-refractivity contribution in [3.05, 3.63) is 65.7 Å². The second-order valence-corrected chi connectivity index (χ2v) is 5.29. The summed E-state index contributed by atoms with van der Waals surface area (Å²) in [5.74, 6) is 0.917. The Balaban J connectivity index is 1.90. The highest BCUT2D eigenvalue weighted by molar-refractivity contribution is 5.76. The number of hydrogen-bond donors (Lipinski definition) is 1. The Hall–Kier alpha value is -2.29. The van der Waals surface area contributed by atoms with Crippen LogP contribution in [0.2, 0.25) is 0 Å². The van der Waals surface area contributed by atoms with Crippen LogP contribution in [0.1, 0.15) is 36.9 Å². The van der Waals surface area contributed by atoms with Gasteiger partial charge in [0.15, 0.2) is 0 Å². The lowest BCUT2D eigenvalue weighted by Crippen LogP contribution is -2.28. The highest BCUT2D eigenvalue weighted by Crippen LogP contribution is 2.20. The van der Waals surface area contributed by atoms with E-state index in [1.165, 1.54) is 5.56 Å². The van der Waals surface area contributed by atoms with Crippen LogP contribution in [-0.2, 0) is 11.2 Å². The van der Waals surface area contributed by atoms with E-state index in [0.717, 1.165) is 24.2 Å². The number of ether oxygens (including phenoxy) is 1. The molecule has 1 amide bonds. The van der Waals surface area contributed by atoms with E-state index >= 15 is 0 Å². The second kappa shape index (κ2) is 8.23. The van der Waals surface area contributed by atoms with Crippen molar-refractivity contribution in [2.75, 3.05) is 7.11 Å². The SMILES string of the molecule is CC[C@H](NC(=O)CCc1ccccc1)c1ccc(OC)cc1. The van der Waals surface area contributed by atoms with Gasteiger partial charge in [-0.1, -0.05) is 49.4 Å². The normalized spacial score (nSPS) is 11.7. The van der Waals surface area contributed by atoms with Gasteiger partial charge in [-0.3, -0.25) is 4.79 Å². The predicted octanol–water partition coefficient (Wildman–Crippen LogP) is 3.90. The molecule has 2 aromatic rings. The van der Waals surface area contributed by atoms with E-state index in [9.17, 15) is 4.79 Å². The highest BCUT2D eigenvalue weighted by atomic mass is 16.5. The molecular formula is C19H23NO2. The number of hydrogen-bond acceptors (Lipinski definition) is 2. The predicted molar refractivity (Wildman–Crippen MR) is 88.9 cm³/mol. The van der Waals surface area contributed by atoms with Crippen molar-refractivity contribution in [2.24, 2.45) is 0 Å². The van der Waals surface area contributed by atoms with E-state index < -0.39 is 0 Å². The summed E-state index contributed by atoms with van der Waals surface area (Å²) in [5, 5.41) is 3.11. The molecule has 0 heterocycles. The van der Waals surface area contributed by atoms with Crippen molar-refractivity contribution in [2.45, 2.75) is 32.2 Å². The van der Waals surface area contributed by atoms with Crippen molar-refractivity contribution in [3.63, 3.8) is 0 Å². The number of aryl methyl sites for hydroxylation is 1. The molecule has 2 rings (SSSR count). The molecule has 0 unspecified atom stereocenters. The van der Waals surface area contributed by atoms with Crippen molar-refractivity contribution in [1.29, 1.82) is 0 Å². The van der Waals surface area contributed by atoms with Gasteiger partial charge in [0.1, 0.15) is 5.75 Å². The Labute approximate surface area is 132 Å². The van der Waals surface area contributed by atoms with E-state index in [4.69, 9.17) is 4.74 Å². The van der Waals surface area contributed by atoms with E-state index in [1.807, 2.05) is 54.6 Å². The van der Waals surface area contributed by atoms with E-state index in [-0.39, 0.29) is 11.9 Å². The lowest BCUT2D eigenvalue weighted by atomic mass is 10.0. The fraction of sp³-hybridized carbons (Fsp3) is 0.316. The summed E-state index contributed by atoms with van der Waals surface area (Å²) in [5.41, 5.74) is 2.30. The van der Waals surface area contributed by atoms with Crippen LogP contribution in [0.4, 0.5) is 0 Å². The summed E-state index contributed by atoms with van der Waals surface area (Å²) in [4.78, 5) is 12.1. The highest BCUT2D eigenvalue weighted by Gasteiger charge is 2.12. The van der Waals surface area contributed by atoms with Crippen LogP contribution >= 0.6 is 0 Å². The zero-order valence-electron chi connectivity index (χ0n) is 13.2. The molecule has 0 aliphatic heterocycles. The Kier molecular flexibility index (Phi) is 6.01. The molecule has 116 valence electrons. The van der Waals surface area contributed by atoms with Crippen molar-refractivity contribution in [1.82, 2.24) is 5.32 Å². The maximum atomic E-state index is 12.1. The minimum Gasteiger partial charge on any atom is -0.497 e. The summed E-state index contributed by atoms with van der Waals surface area (Å²) < 4.78 is 5.16. The van der Waals surface area contributed by atoms with E-state index in [0.29, 0.717) is 6.42 Å². The summed E-state index contributed by atoms with van der Waals surface area (Å²) >= 11 is 0. The zero-order chi connectivity index (χ0) is 15.8. The largest absolute Gasteiger partial charge is 0.497 e. The first kappa shape index (κ1) is 16.1. The van der Waals surface area contributed by atoms with Crippen LogP contribution < -0.4 is 10.1 Å². The van der Waals surface area contributed by atoms with E-state index in [1.54, 1.807) is 7.11 Å². The van der Waals surface area contributed by atoms with Crippen molar-refractivity contribution >= 4 is 5.91 Å². The third-order valence-electron chi connectivity index (χ3n) is 3.75. The molecular weight excluding hydrogens is 274 g/mol. The molecule has 0 aromatic heterocycles. The number of rotatable bonds is 7. The first-order valence-electron chi connectivity index (χ1n) is 7.70. The average molecular weight is 297 g/mol. The van der Waals surface area contributed by atoms with Gasteiger partial charge >= 0.3 is 0 Å². The minimum absolute atomic E-state index is 0.0502. The lowest BCUT2D eigenvalue weighted by molar-refractivity contribution is -0.121. The van der Waals surface area contributed by atoms with Crippen LogP contribution in [0.25, 0.3) is 0 Å². The summed E-state index contributed by atoms with van der Waals surface area (Å²) in [6, 6.07) is 18.0. The minimum atomic E-state index is 0.0502. The van der Waals surface area contributed by atoms with Gasteiger partial charge in [0.2, 0.25) is 5.91 Å². The van der Waals surface area contributed by atoms with Crippen LogP contribution in [0, 0.1) is 0 Å². The molecule has 0 radical (unpaired) electrons. The number of benzene rings is 2. The van der Waals surface area contributed by atoms with Crippen LogP contribution in [0.5, 0.6) is 5.75 Å². The number of amides is 1. The summed E-state index contributed by atoms with van der Waals surface area (Å²) in [6.07, 6.45) is 2.14.